The van der Waals surface area contributed by atoms with Crippen LogP contribution in [-0.4, -0.2) is 13.1 Å². The van der Waals surface area contributed by atoms with Gasteiger partial charge in [0.1, 0.15) is 0 Å². The third kappa shape index (κ3) is 13.2. The predicted molar refractivity (Wildman–Crippen MR) is 65.5 cm³/mol. The molecule has 15 heavy (non-hydrogen) atoms. The first-order valence-corrected chi connectivity index (χ1v) is 5.56. The predicted octanol–water partition coefficient (Wildman–Crippen LogP) is 3.77. The third-order valence-corrected chi connectivity index (χ3v) is 2.08. The fraction of sp³-hybridized carbons (Fsp3) is 0.692. The molecule has 2 heteroatoms. The lowest BCUT2D eigenvalue weighted by atomic mass is 10.0. The lowest BCUT2D eigenvalue weighted by Gasteiger charge is -2.04. The molecular weight excluding hydrogens is 188 g/mol. The van der Waals surface area contributed by atoms with Gasteiger partial charge in [-0.15, -0.1) is 0 Å². The molecule has 1 atom stereocenters. The molecule has 0 fully saturated rings. The summed E-state index contributed by atoms with van der Waals surface area (Å²) in [5.41, 5.74) is 0.433. The second-order valence-electron chi connectivity index (χ2n) is 3.69. The van der Waals surface area contributed by atoms with Gasteiger partial charge in [0.15, 0.2) is 0 Å². The van der Waals surface area contributed by atoms with E-state index in [2.05, 4.69) is 32.1 Å². The highest BCUT2D eigenvalue weighted by Crippen LogP contribution is 2.09. The van der Waals surface area contributed by atoms with Gasteiger partial charge >= 0.3 is 5.97 Å². The molecule has 0 saturated carbocycles. The molecule has 0 N–H and O–H groups in total. The summed E-state index contributed by atoms with van der Waals surface area (Å²) < 4.78 is 4.27. The Bertz CT molecular complexity index is 173. The summed E-state index contributed by atoms with van der Waals surface area (Å²) in [5, 5.41) is 0. The van der Waals surface area contributed by atoms with Crippen LogP contribution in [0.25, 0.3) is 0 Å². The van der Waals surface area contributed by atoms with Gasteiger partial charge in [0, 0.05) is 5.57 Å². The van der Waals surface area contributed by atoms with Crippen molar-refractivity contribution >= 4 is 5.97 Å². The minimum absolute atomic E-state index is 0.347. The summed E-state index contributed by atoms with van der Waals surface area (Å²) in [6.45, 7) is 13.4. The lowest BCUT2D eigenvalue weighted by molar-refractivity contribution is -0.136. The maximum absolute atomic E-state index is 10.2. The van der Waals surface area contributed by atoms with Crippen LogP contribution < -0.4 is 0 Å². The lowest BCUT2D eigenvalue weighted by Crippen LogP contribution is -1.98. The van der Waals surface area contributed by atoms with Crippen molar-refractivity contribution in [2.24, 2.45) is 5.92 Å². The van der Waals surface area contributed by atoms with E-state index < -0.39 is 0 Å². The number of ether oxygens (including phenoxy) is 1. The molecule has 0 aromatic rings. The molecule has 1 radical (unpaired) electrons. The molecule has 0 saturated heterocycles. The molecule has 0 amide bonds. The van der Waals surface area contributed by atoms with Crippen LogP contribution in [-0.2, 0) is 9.53 Å². The van der Waals surface area contributed by atoms with Gasteiger partial charge in [0.25, 0.3) is 0 Å². The Hall–Kier alpha value is -0.790. The van der Waals surface area contributed by atoms with Gasteiger partial charge in [-0.1, -0.05) is 53.0 Å². The average Bonchev–Trinajstić information content (AvgIpc) is 2.25. The van der Waals surface area contributed by atoms with Gasteiger partial charge in [0.05, 0.1) is 7.11 Å². The number of unbranched alkanes of at least 4 members (excludes halogenated alkanes) is 1. The first kappa shape index (κ1) is 16.6. The Morgan fingerprint density at radius 3 is 2.13 bits per heavy atom. The molecule has 0 aliphatic carbocycles. The maximum atomic E-state index is 10.2. The normalized spacial score (nSPS) is 11.0. The Morgan fingerprint density at radius 2 is 1.93 bits per heavy atom. The van der Waals surface area contributed by atoms with Crippen molar-refractivity contribution in [2.75, 3.05) is 7.11 Å². The largest absolute Gasteiger partial charge is 0.466 e. The Kier molecular flexibility index (Phi) is 12.5. The van der Waals surface area contributed by atoms with E-state index in [0.29, 0.717) is 11.5 Å². The third-order valence-electron chi connectivity index (χ3n) is 2.08. The van der Waals surface area contributed by atoms with E-state index in [1.165, 1.54) is 32.8 Å². The van der Waals surface area contributed by atoms with E-state index >= 15 is 0 Å². The molecule has 1 unspecified atom stereocenters. The second-order valence-corrected chi connectivity index (χ2v) is 3.69. The van der Waals surface area contributed by atoms with Crippen molar-refractivity contribution in [3.63, 3.8) is 0 Å². The first-order chi connectivity index (χ1) is 6.99. The molecule has 0 spiro atoms. The van der Waals surface area contributed by atoms with E-state index in [-0.39, 0.29) is 5.97 Å². The van der Waals surface area contributed by atoms with Gasteiger partial charge in [0.2, 0.25) is 0 Å². The maximum Gasteiger partial charge on any atom is 0.332 e. The molecule has 0 aromatic carbocycles. The van der Waals surface area contributed by atoms with Gasteiger partial charge in [-0.05, 0) is 12.8 Å². The van der Waals surface area contributed by atoms with Crippen molar-refractivity contribution in [3.8, 4) is 0 Å². The van der Waals surface area contributed by atoms with Crippen LogP contribution >= 0.6 is 0 Å². The zero-order valence-electron chi connectivity index (χ0n) is 10.6. The molecule has 0 aliphatic rings. The molecule has 0 bridgehead atoms. The summed E-state index contributed by atoms with van der Waals surface area (Å²) in [5.74, 6) is 0.356. The molecule has 0 heterocycles. The van der Waals surface area contributed by atoms with Crippen LogP contribution in [0.4, 0.5) is 0 Å². The molecule has 89 valence electrons. The van der Waals surface area contributed by atoms with Crippen LogP contribution in [0.3, 0.4) is 0 Å². The second kappa shape index (κ2) is 11.3. The minimum atomic E-state index is -0.347. The van der Waals surface area contributed by atoms with Crippen molar-refractivity contribution in [1.82, 2.24) is 0 Å². The van der Waals surface area contributed by atoms with Crippen LogP contribution in [0.15, 0.2) is 12.2 Å². The SMILES string of the molecule is C=C(C)C(=O)OC.[CH2]C(CC)CCCC. The Labute approximate surface area is 94.7 Å². The number of carbonyl (C=O) groups is 1. The number of hydrogen-bond donors (Lipinski definition) is 0. The molecule has 2 nitrogen and oxygen atoms in total. The topological polar surface area (TPSA) is 26.3 Å². The Balaban J connectivity index is 0. The van der Waals surface area contributed by atoms with E-state index in [4.69, 9.17) is 0 Å². The van der Waals surface area contributed by atoms with Crippen LogP contribution in [0, 0.1) is 12.8 Å². The van der Waals surface area contributed by atoms with Crippen LogP contribution in [0.2, 0.25) is 0 Å². The zero-order chi connectivity index (χ0) is 12.3. The average molecular weight is 213 g/mol. The summed E-state index contributed by atoms with van der Waals surface area (Å²) in [6, 6.07) is 0. The summed E-state index contributed by atoms with van der Waals surface area (Å²) in [7, 11) is 1.33. The van der Waals surface area contributed by atoms with E-state index in [1.54, 1.807) is 6.92 Å². The van der Waals surface area contributed by atoms with Crippen molar-refractivity contribution < 1.29 is 9.53 Å². The smallest absolute Gasteiger partial charge is 0.332 e. The molecule has 0 aliphatic heterocycles. The number of hydrogen-bond acceptors (Lipinski definition) is 2. The van der Waals surface area contributed by atoms with Gasteiger partial charge in [-0.2, -0.15) is 0 Å². The summed E-state index contributed by atoms with van der Waals surface area (Å²) in [6.07, 6.45) is 5.21. The highest BCUT2D eigenvalue weighted by Gasteiger charge is 1.95. The molecule has 0 aromatic heterocycles. The van der Waals surface area contributed by atoms with Gasteiger partial charge < -0.3 is 4.74 Å². The van der Waals surface area contributed by atoms with Crippen molar-refractivity contribution in [3.05, 3.63) is 19.1 Å². The molecule has 0 rings (SSSR count). The first-order valence-electron chi connectivity index (χ1n) is 5.56. The van der Waals surface area contributed by atoms with Crippen LogP contribution in [0.5, 0.6) is 0 Å². The number of rotatable bonds is 5. The van der Waals surface area contributed by atoms with E-state index in [9.17, 15) is 4.79 Å². The highest BCUT2D eigenvalue weighted by atomic mass is 16.5. The van der Waals surface area contributed by atoms with Gasteiger partial charge in [-0.3, -0.25) is 0 Å². The van der Waals surface area contributed by atoms with Crippen molar-refractivity contribution in [1.29, 1.82) is 0 Å². The number of carbonyl (C=O) groups excluding carboxylic acids is 1. The fourth-order valence-electron chi connectivity index (χ4n) is 0.871. The van der Waals surface area contributed by atoms with E-state index in [0.717, 1.165) is 0 Å². The quantitative estimate of drug-likeness (QED) is 0.513. The Morgan fingerprint density at radius 1 is 1.40 bits per heavy atom. The molecular formula is C13H25O2. The van der Waals surface area contributed by atoms with Crippen LogP contribution in [0.1, 0.15) is 46.5 Å². The zero-order valence-corrected chi connectivity index (χ0v) is 10.6. The number of methoxy groups -OCH3 is 1. The van der Waals surface area contributed by atoms with Crippen molar-refractivity contribution in [2.45, 2.75) is 46.5 Å². The van der Waals surface area contributed by atoms with Gasteiger partial charge in [-0.25, -0.2) is 4.79 Å². The summed E-state index contributed by atoms with van der Waals surface area (Å²) in [4.78, 5) is 10.2. The fourth-order valence-corrected chi connectivity index (χ4v) is 0.871. The minimum Gasteiger partial charge on any atom is -0.466 e. The summed E-state index contributed by atoms with van der Waals surface area (Å²) >= 11 is 0. The standard InChI is InChI=1S/C8H17.C5H8O2/c1-4-6-7-8(3)5-2;1-4(2)5(6)7-3/h8H,3-7H2,1-2H3;1H2,2-3H3. The monoisotopic (exact) mass is 213 g/mol. The number of esters is 1. The highest BCUT2D eigenvalue weighted by molar-refractivity contribution is 5.86. The van der Waals surface area contributed by atoms with E-state index in [1.807, 2.05) is 0 Å².